The van der Waals surface area contributed by atoms with Crippen LogP contribution in [0, 0.1) is 0 Å². The molecule has 1 saturated heterocycles. The highest BCUT2D eigenvalue weighted by molar-refractivity contribution is 6.31. The van der Waals surface area contributed by atoms with Gasteiger partial charge in [-0.15, -0.1) is 0 Å². The molecule has 2 aromatic carbocycles. The number of aliphatic hydroxyl groups excluding tert-OH is 4. The number of hydrogen-bond donors (Lipinski definition) is 4. The molecule has 0 aliphatic carbocycles. The van der Waals surface area contributed by atoms with Crippen molar-refractivity contribution in [2.45, 2.75) is 43.4 Å². The van der Waals surface area contributed by atoms with Crippen LogP contribution in [0.15, 0.2) is 48.5 Å². The molecule has 0 unspecified atom stereocenters. The predicted octanol–water partition coefficient (Wildman–Crippen LogP) is 2.25. The molecule has 1 fully saturated rings. The minimum Gasteiger partial charge on any atom is -0.394 e. The molecule has 31 heavy (non-hydrogen) atoms. The number of aliphatic hydroxyl groups is 4. The Labute approximate surface area is 186 Å². The molecule has 6 nitrogen and oxygen atoms in total. The van der Waals surface area contributed by atoms with Gasteiger partial charge in [0.2, 0.25) is 0 Å². The van der Waals surface area contributed by atoms with E-state index in [4.69, 9.17) is 21.1 Å². The van der Waals surface area contributed by atoms with E-state index in [1.807, 2.05) is 6.07 Å². The number of hydrogen-bond acceptors (Lipinski definition) is 6. The first-order valence-electron chi connectivity index (χ1n) is 10.4. The van der Waals surface area contributed by atoms with Crippen molar-refractivity contribution < 1.29 is 29.9 Å². The lowest BCUT2D eigenvalue weighted by atomic mass is 9.90. The SMILES string of the molecule is OC[C@H]1O[C@@H](c2ccc(Cl)c(Cc3ccc(C4=CCOCC4)cc3)c2)[C@H](O)[C@@H](O)[C@@H]1O. The van der Waals surface area contributed by atoms with Crippen molar-refractivity contribution in [3.05, 3.63) is 75.8 Å². The van der Waals surface area contributed by atoms with Crippen molar-refractivity contribution in [1.82, 2.24) is 0 Å². The molecule has 0 radical (unpaired) electrons. The van der Waals surface area contributed by atoms with Gasteiger partial charge in [0.25, 0.3) is 0 Å². The second-order valence-electron chi connectivity index (χ2n) is 8.03. The van der Waals surface area contributed by atoms with Crippen LogP contribution in [0.2, 0.25) is 5.02 Å². The summed E-state index contributed by atoms with van der Waals surface area (Å²) in [6, 6.07) is 13.6. The Balaban J connectivity index is 1.53. The van der Waals surface area contributed by atoms with Gasteiger partial charge < -0.3 is 29.9 Å². The standard InChI is InChI=1S/C24H27ClO6/c25-19-6-5-17(24-23(29)22(28)21(27)20(13-26)31-24)12-18(19)11-14-1-3-15(4-2-14)16-7-9-30-10-8-16/h1-7,12,20-24,26-29H,8-11,13H2/t20-,21-,22+,23-,24+/m1/s1. The largest absolute Gasteiger partial charge is 0.394 e. The van der Waals surface area contributed by atoms with E-state index in [9.17, 15) is 20.4 Å². The third kappa shape index (κ3) is 4.86. The summed E-state index contributed by atoms with van der Waals surface area (Å²) in [6.45, 7) is 0.933. The highest BCUT2D eigenvalue weighted by atomic mass is 35.5. The molecule has 0 aromatic heterocycles. The number of ether oxygens (including phenoxy) is 2. The first kappa shape index (κ1) is 22.4. The molecule has 2 aliphatic heterocycles. The van der Waals surface area contributed by atoms with Crippen LogP contribution < -0.4 is 0 Å². The van der Waals surface area contributed by atoms with Crippen LogP contribution in [-0.2, 0) is 15.9 Å². The maximum absolute atomic E-state index is 10.4. The zero-order chi connectivity index (χ0) is 22.0. The Morgan fingerprint density at radius 1 is 0.968 bits per heavy atom. The first-order chi connectivity index (χ1) is 15.0. The summed E-state index contributed by atoms with van der Waals surface area (Å²) in [7, 11) is 0. The molecule has 0 saturated carbocycles. The maximum Gasteiger partial charge on any atom is 0.113 e. The summed E-state index contributed by atoms with van der Waals surface area (Å²) >= 11 is 6.43. The fourth-order valence-corrected chi connectivity index (χ4v) is 4.31. The van der Waals surface area contributed by atoms with E-state index < -0.39 is 37.1 Å². The van der Waals surface area contributed by atoms with E-state index in [0.717, 1.165) is 24.2 Å². The topological polar surface area (TPSA) is 99.4 Å². The second kappa shape index (κ2) is 9.79. The van der Waals surface area contributed by atoms with Crippen LogP contribution in [0.1, 0.15) is 34.8 Å². The third-order valence-corrected chi connectivity index (χ3v) is 6.34. The molecule has 4 N–H and O–H groups in total. The van der Waals surface area contributed by atoms with E-state index in [0.29, 0.717) is 23.6 Å². The molecule has 2 heterocycles. The highest BCUT2D eigenvalue weighted by Gasteiger charge is 2.44. The first-order valence-corrected chi connectivity index (χ1v) is 10.8. The molecule has 0 spiro atoms. The van der Waals surface area contributed by atoms with Crippen molar-refractivity contribution in [3.63, 3.8) is 0 Å². The Bertz CT molecular complexity index is 926. The second-order valence-corrected chi connectivity index (χ2v) is 8.44. The van der Waals surface area contributed by atoms with Crippen LogP contribution in [-0.4, -0.2) is 64.7 Å². The minimum atomic E-state index is -1.41. The van der Waals surface area contributed by atoms with Crippen LogP contribution in [0.5, 0.6) is 0 Å². The lowest BCUT2D eigenvalue weighted by Crippen LogP contribution is -2.55. The van der Waals surface area contributed by atoms with Crippen LogP contribution in [0.4, 0.5) is 0 Å². The van der Waals surface area contributed by atoms with Crippen molar-refractivity contribution >= 4 is 17.2 Å². The highest BCUT2D eigenvalue weighted by Crippen LogP contribution is 2.34. The summed E-state index contributed by atoms with van der Waals surface area (Å²) in [5.74, 6) is 0. The summed E-state index contributed by atoms with van der Waals surface area (Å²) < 4.78 is 11.0. The van der Waals surface area contributed by atoms with Gasteiger partial charge in [-0.3, -0.25) is 0 Å². The summed E-state index contributed by atoms with van der Waals surface area (Å²) in [5, 5.41) is 40.5. The van der Waals surface area contributed by atoms with Crippen molar-refractivity contribution in [2.24, 2.45) is 0 Å². The molecule has 2 aromatic rings. The fourth-order valence-electron chi connectivity index (χ4n) is 4.13. The Morgan fingerprint density at radius 3 is 2.42 bits per heavy atom. The quantitative estimate of drug-likeness (QED) is 0.562. The molecule has 5 atom stereocenters. The smallest absolute Gasteiger partial charge is 0.113 e. The van der Waals surface area contributed by atoms with Gasteiger partial charge >= 0.3 is 0 Å². The Morgan fingerprint density at radius 2 is 1.74 bits per heavy atom. The Kier molecular flexibility index (Phi) is 7.08. The van der Waals surface area contributed by atoms with Crippen LogP contribution in [0.25, 0.3) is 5.57 Å². The fraction of sp³-hybridized carbons (Fsp3) is 0.417. The summed E-state index contributed by atoms with van der Waals surface area (Å²) in [4.78, 5) is 0. The average Bonchev–Trinajstić information content (AvgIpc) is 2.80. The van der Waals surface area contributed by atoms with Gasteiger partial charge in [-0.25, -0.2) is 0 Å². The zero-order valence-electron chi connectivity index (χ0n) is 17.0. The van der Waals surface area contributed by atoms with Gasteiger partial charge in [-0.2, -0.15) is 0 Å². The summed E-state index contributed by atoms with van der Waals surface area (Å²) in [5.41, 5.74) is 5.05. The van der Waals surface area contributed by atoms with Crippen molar-refractivity contribution in [1.29, 1.82) is 0 Å². The van der Waals surface area contributed by atoms with Gasteiger partial charge in [0.1, 0.15) is 30.5 Å². The normalized spacial score (nSPS) is 28.9. The maximum atomic E-state index is 10.4. The Hall–Kier alpha value is -1.77. The van der Waals surface area contributed by atoms with Gasteiger partial charge in [0.05, 0.1) is 19.8 Å². The molecule has 0 bridgehead atoms. The molecular weight excluding hydrogens is 420 g/mol. The van der Waals surface area contributed by atoms with Crippen LogP contribution >= 0.6 is 11.6 Å². The lowest BCUT2D eigenvalue weighted by Gasteiger charge is -2.40. The molecule has 0 amide bonds. The van der Waals surface area contributed by atoms with Gasteiger partial charge in [0, 0.05) is 5.02 Å². The molecule has 7 heteroatoms. The molecule has 166 valence electrons. The lowest BCUT2D eigenvalue weighted by molar-refractivity contribution is -0.231. The molecule has 2 aliphatic rings. The van der Waals surface area contributed by atoms with E-state index in [2.05, 4.69) is 30.3 Å². The third-order valence-electron chi connectivity index (χ3n) is 5.97. The molecular formula is C24H27ClO6. The number of benzene rings is 2. The van der Waals surface area contributed by atoms with Gasteiger partial charge in [-0.1, -0.05) is 54.1 Å². The monoisotopic (exact) mass is 446 g/mol. The average molecular weight is 447 g/mol. The van der Waals surface area contributed by atoms with E-state index in [1.165, 1.54) is 11.1 Å². The summed E-state index contributed by atoms with van der Waals surface area (Å²) in [6.07, 6.45) is -2.34. The van der Waals surface area contributed by atoms with Gasteiger partial charge in [0.15, 0.2) is 0 Å². The van der Waals surface area contributed by atoms with E-state index >= 15 is 0 Å². The van der Waals surface area contributed by atoms with E-state index in [-0.39, 0.29) is 0 Å². The van der Waals surface area contributed by atoms with Crippen LogP contribution in [0.3, 0.4) is 0 Å². The number of rotatable bonds is 5. The predicted molar refractivity (Wildman–Crippen MR) is 117 cm³/mol. The van der Waals surface area contributed by atoms with Crippen molar-refractivity contribution in [3.8, 4) is 0 Å². The number of halogens is 1. The minimum absolute atomic E-state index is 0.462. The zero-order valence-corrected chi connectivity index (χ0v) is 17.8. The molecule has 4 rings (SSSR count). The van der Waals surface area contributed by atoms with Crippen molar-refractivity contribution in [2.75, 3.05) is 19.8 Å². The van der Waals surface area contributed by atoms with Gasteiger partial charge in [-0.05, 0) is 46.7 Å². The van der Waals surface area contributed by atoms with E-state index in [1.54, 1.807) is 12.1 Å².